The number of rotatable bonds is 1. The number of fused-ring (bicyclic) bond motifs is 1. The third-order valence-corrected chi connectivity index (χ3v) is 2.72. The van der Waals surface area contributed by atoms with Gasteiger partial charge in [0, 0.05) is 17.1 Å². The maximum atomic E-state index is 5.70. The van der Waals surface area contributed by atoms with Gasteiger partial charge in [0.2, 0.25) is 0 Å². The van der Waals surface area contributed by atoms with Gasteiger partial charge in [-0.2, -0.15) is 0 Å². The van der Waals surface area contributed by atoms with Crippen molar-refractivity contribution in [1.29, 1.82) is 0 Å². The standard InChI is InChI=1S/C13H8ClN3/c14-13-6-5-12(16-17-13)10-7-9-3-1-2-4-11(9)15-8-10/h1-8H. The summed E-state index contributed by atoms with van der Waals surface area (Å²) in [4.78, 5) is 4.38. The van der Waals surface area contributed by atoms with Crippen LogP contribution in [0.1, 0.15) is 0 Å². The first-order valence-electron chi connectivity index (χ1n) is 5.17. The quantitative estimate of drug-likeness (QED) is 0.656. The molecule has 0 radical (unpaired) electrons. The molecule has 1 aromatic carbocycles. The first kappa shape index (κ1) is 10.2. The molecule has 0 saturated heterocycles. The highest BCUT2D eigenvalue weighted by atomic mass is 35.5. The van der Waals surface area contributed by atoms with Gasteiger partial charge in [0.25, 0.3) is 0 Å². The van der Waals surface area contributed by atoms with E-state index in [1.54, 1.807) is 12.3 Å². The van der Waals surface area contributed by atoms with Gasteiger partial charge in [-0.1, -0.05) is 29.8 Å². The smallest absolute Gasteiger partial charge is 0.151 e. The molecule has 2 aromatic heterocycles. The molecule has 2 heterocycles. The fourth-order valence-electron chi connectivity index (χ4n) is 1.68. The summed E-state index contributed by atoms with van der Waals surface area (Å²) in [6.45, 7) is 0. The van der Waals surface area contributed by atoms with Crippen LogP contribution in [-0.4, -0.2) is 15.2 Å². The van der Waals surface area contributed by atoms with Crippen molar-refractivity contribution in [2.45, 2.75) is 0 Å². The average Bonchev–Trinajstić information content (AvgIpc) is 2.39. The molecule has 0 aliphatic rings. The van der Waals surface area contributed by atoms with Crippen LogP contribution in [0.4, 0.5) is 0 Å². The second kappa shape index (κ2) is 4.11. The third-order valence-electron chi connectivity index (χ3n) is 2.52. The highest BCUT2D eigenvalue weighted by Gasteiger charge is 2.02. The summed E-state index contributed by atoms with van der Waals surface area (Å²) < 4.78 is 0. The van der Waals surface area contributed by atoms with Crippen LogP contribution in [0.5, 0.6) is 0 Å². The van der Waals surface area contributed by atoms with E-state index in [9.17, 15) is 0 Å². The van der Waals surface area contributed by atoms with Crippen LogP contribution in [0.2, 0.25) is 5.15 Å². The molecule has 0 fully saturated rings. The van der Waals surface area contributed by atoms with Crippen molar-refractivity contribution in [1.82, 2.24) is 15.2 Å². The SMILES string of the molecule is Clc1ccc(-c2cnc3ccccc3c2)nn1. The minimum atomic E-state index is 0.391. The van der Waals surface area contributed by atoms with E-state index >= 15 is 0 Å². The number of hydrogen-bond donors (Lipinski definition) is 0. The molecule has 0 atom stereocenters. The molecule has 0 aliphatic carbocycles. The Bertz CT molecular complexity index is 665. The number of halogens is 1. The number of hydrogen-bond acceptors (Lipinski definition) is 3. The molecule has 0 bridgehead atoms. The Kier molecular flexibility index (Phi) is 2.46. The zero-order chi connectivity index (χ0) is 11.7. The van der Waals surface area contributed by atoms with E-state index in [-0.39, 0.29) is 0 Å². The molecule has 3 nitrogen and oxygen atoms in total. The van der Waals surface area contributed by atoms with Crippen molar-refractivity contribution in [2.24, 2.45) is 0 Å². The predicted molar refractivity (Wildman–Crippen MR) is 67.8 cm³/mol. The second-order valence-electron chi connectivity index (χ2n) is 3.66. The maximum absolute atomic E-state index is 5.70. The van der Waals surface area contributed by atoms with Crippen LogP contribution in [0.3, 0.4) is 0 Å². The molecule has 0 saturated carbocycles. The van der Waals surface area contributed by atoms with Crippen LogP contribution < -0.4 is 0 Å². The van der Waals surface area contributed by atoms with Crippen molar-refractivity contribution in [3.8, 4) is 11.3 Å². The minimum Gasteiger partial charge on any atom is -0.256 e. The Balaban J connectivity index is 2.14. The summed E-state index contributed by atoms with van der Waals surface area (Å²) in [5, 5.41) is 9.33. The molecule has 0 N–H and O–H groups in total. The van der Waals surface area contributed by atoms with Gasteiger partial charge in [-0.25, -0.2) is 0 Å². The highest BCUT2D eigenvalue weighted by Crippen LogP contribution is 2.20. The lowest BCUT2D eigenvalue weighted by Crippen LogP contribution is -1.88. The molecular formula is C13H8ClN3. The summed E-state index contributed by atoms with van der Waals surface area (Å²) in [5.74, 6) is 0. The van der Waals surface area contributed by atoms with Crippen LogP contribution in [0.25, 0.3) is 22.2 Å². The Morgan fingerprint density at radius 2 is 1.82 bits per heavy atom. The molecule has 0 aliphatic heterocycles. The van der Waals surface area contributed by atoms with Crippen LogP contribution in [0, 0.1) is 0 Å². The highest BCUT2D eigenvalue weighted by molar-refractivity contribution is 6.29. The predicted octanol–water partition coefficient (Wildman–Crippen LogP) is 3.35. The van der Waals surface area contributed by atoms with Gasteiger partial charge in [0.05, 0.1) is 11.2 Å². The Morgan fingerprint density at radius 1 is 0.941 bits per heavy atom. The molecular weight excluding hydrogens is 234 g/mol. The first-order chi connectivity index (χ1) is 8.33. The number of aromatic nitrogens is 3. The van der Waals surface area contributed by atoms with E-state index in [0.29, 0.717) is 5.15 Å². The summed E-state index contributed by atoms with van der Waals surface area (Å²) in [6.07, 6.45) is 1.79. The van der Waals surface area contributed by atoms with Crippen molar-refractivity contribution in [3.05, 3.63) is 53.8 Å². The molecule has 17 heavy (non-hydrogen) atoms. The third kappa shape index (κ3) is 1.97. The fourth-order valence-corrected chi connectivity index (χ4v) is 1.78. The van der Waals surface area contributed by atoms with Crippen LogP contribution >= 0.6 is 11.6 Å². The summed E-state index contributed by atoms with van der Waals surface area (Å²) >= 11 is 5.70. The van der Waals surface area contributed by atoms with Gasteiger partial charge < -0.3 is 0 Å². The van der Waals surface area contributed by atoms with E-state index in [4.69, 9.17) is 11.6 Å². The second-order valence-corrected chi connectivity index (χ2v) is 4.05. The molecule has 3 rings (SSSR count). The summed E-state index contributed by atoms with van der Waals surface area (Å²) in [5.41, 5.74) is 2.68. The number of nitrogens with zero attached hydrogens (tertiary/aromatic N) is 3. The number of benzene rings is 1. The van der Waals surface area contributed by atoms with Gasteiger partial charge in [0.15, 0.2) is 5.15 Å². The summed E-state index contributed by atoms with van der Waals surface area (Å²) in [6, 6.07) is 13.6. The Labute approximate surface area is 103 Å². The van der Waals surface area contributed by atoms with Crippen molar-refractivity contribution in [2.75, 3.05) is 0 Å². The Hall–Kier alpha value is -2.00. The number of para-hydroxylation sites is 1. The van der Waals surface area contributed by atoms with Gasteiger partial charge >= 0.3 is 0 Å². The summed E-state index contributed by atoms with van der Waals surface area (Å²) in [7, 11) is 0. The van der Waals surface area contributed by atoms with Crippen LogP contribution in [0.15, 0.2) is 48.7 Å². The van der Waals surface area contributed by atoms with Crippen molar-refractivity contribution < 1.29 is 0 Å². The molecule has 0 unspecified atom stereocenters. The van der Waals surface area contributed by atoms with E-state index in [2.05, 4.69) is 15.2 Å². The molecule has 0 amide bonds. The minimum absolute atomic E-state index is 0.391. The molecule has 82 valence electrons. The average molecular weight is 242 g/mol. The molecule has 4 heteroatoms. The zero-order valence-corrected chi connectivity index (χ0v) is 9.59. The largest absolute Gasteiger partial charge is 0.256 e. The van der Waals surface area contributed by atoms with Gasteiger partial charge in [0.1, 0.15) is 0 Å². The van der Waals surface area contributed by atoms with E-state index in [1.807, 2.05) is 36.4 Å². The number of pyridine rings is 1. The molecule has 0 spiro atoms. The van der Waals surface area contributed by atoms with Gasteiger partial charge in [-0.15, -0.1) is 10.2 Å². The lowest BCUT2D eigenvalue weighted by molar-refractivity contribution is 1.04. The van der Waals surface area contributed by atoms with Gasteiger partial charge in [-0.3, -0.25) is 4.98 Å². The first-order valence-corrected chi connectivity index (χ1v) is 5.55. The topological polar surface area (TPSA) is 38.7 Å². The van der Waals surface area contributed by atoms with E-state index in [1.165, 1.54) is 0 Å². The zero-order valence-electron chi connectivity index (χ0n) is 8.84. The normalized spacial score (nSPS) is 10.6. The van der Waals surface area contributed by atoms with Crippen molar-refractivity contribution >= 4 is 22.5 Å². The van der Waals surface area contributed by atoms with E-state index < -0.39 is 0 Å². The monoisotopic (exact) mass is 241 g/mol. The Morgan fingerprint density at radius 3 is 2.65 bits per heavy atom. The van der Waals surface area contributed by atoms with E-state index in [0.717, 1.165) is 22.2 Å². The maximum Gasteiger partial charge on any atom is 0.151 e. The van der Waals surface area contributed by atoms with Crippen molar-refractivity contribution in [3.63, 3.8) is 0 Å². The van der Waals surface area contributed by atoms with Crippen LogP contribution in [-0.2, 0) is 0 Å². The fraction of sp³-hybridized carbons (Fsp3) is 0. The lowest BCUT2D eigenvalue weighted by atomic mass is 10.1. The lowest BCUT2D eigenvalue weighted by Gasteiger charge is -2.01. The van der Waals surface area contributed by atoms with Gasteiger partial charge in [-0.05, 0) is 24.3 Å². The molecule has 3 aromatic rings.